The highest BCUT2D eigenvalue weighted by atomic mass is 16.3. The van der Waals surface area contributed by atoms with Crippen LogP contribution in [0.1, 0.15) is 37.9 Å². The van der Waals surface area contributed by atoms with Crippen LogP contribution in [0.4, 0.5) is 5.69 Å². The van der Waals surface area contributed by atoms with Gasteiger partial charge >= 0.3 is 0 Å². The number of carbonyl (C=O) groups excluding carboxylic acids is 2. The van der Waals surface area contributed by atoms with Crippen molar-refractivity contribution >= 4 is 17.4 Å². The molecule has 0 fully saturated rings. The summed E-state index contributed by atoms with van der Waals surface area (Å²) in [6.45, 7) is 7.23. The number of anilines is 1. The molecule has 2 aromatic rings. The third-order valence-electron chi connectivity index (χ3n) is 4.53. The van der Waals surface area contributed by atoms with Gasteiger partial charge in [0.2, 0.25) is 0 Å². The number of hydrogen-bond acceptors (Lipinski definition) is 4. The molecule has 0 aliphatic carbocycles. The molecule has 1 aromatic heterocycles. The largest absolute Gasteiger partial charge is 0.503 e. The molecule has 1 aromatic carbocycles. The third-order valence-corrected chi connectivity index (χ3v) is 4.53. The van der Waals surface area contributed by atoms with Crippen molar-refractivity contribution in [1.82, 2.24) is 4.98 Å². The SMILES string of the molecule is Cc1ccccc1N1C(=O)C(O)=C(C(=O)C(C)(C)C)C1c1ccncc1. The fourth-order valence-corrected chi connectivity index (χ4v) is 3.18. The Morgan fingerprint density at radius 3 is 2.31 bits per heavy atom. The number of hydrogen-bond donors (Lipinski definition) is 1. The van der Waals surface area contributed by atoms with Crippen molar-refractivity contribution in [2.24, 2.45) is 5.41 Å². The van der Waals surface area contributed by atoms with Crippen LogP contribution in [0, 0.1) is 12.3 Å². The molecule has 1 aliphatic heterocycles. The summed E-state index contributed by atoms with van der Waals surface area (Å²) in [5.74, 6) is -1.29. The molecule has 1 N–H and O–H groups in total. The molecule has 0 spiro atoms. The number of ketones is 1. The van der Waals surface area contributed by atoms with Gasteiger partial charge in [0.25, 0.3) is 5.91 Å². The Morgan fingerprint density at radius 2 is 1.73 bits per heavy atom. The summed E-state index contributed by atoms with van der Waals surface area (Å²) in [5.41, 5.74) is 1.70. The summed E-state index contributed by atoms with van der Waals surface area (Å²) in [5, 5.41) is 10.6. The van der Waals surface area contributed by atoms with Gasteiger partial charge < -0.3 is 5.11 Å². The van der Waals surface area contributed by atoms with Crippen LogP contribution in [0.5, 0.6) is 0 Å². The fourth-order valence-electron chi connectivity index (χ4n) is 3.18. The number of amides is 1. The Bertz CT molecular complexity index is 895. The van der Waals surface area contributed by atoms with Crippen LogP contribution in [0.2, 0.25) is 0 Å². The number of rotatable bonds is 3. The van der Waals surface area contributed by atoms with Crippen LogP contribution in [0.25, 0.3) is 0 Å². The first-order valence-electron chi connectivity index (χ1n) is 8.50. The highest BCUT2D eigenvalue weighted by Crippen LogP contribution is 2.43. The van der Waals surface area contributed by atoms with E-state index < -0.39 is 23.1 Å². The number of aliphatic hydroxyl groups is 1. The van der Waals surface area contributed by atoms with Crippen LogP contribution in [-0.4, -0.2) is 21.8 Å². The van der Waals surface area contributed by atoms with Gasteiger partial charge in [-0.15, -0.1) is 0 Å². The quantitative estimate of drug-likeness (QED) is 0.911. The monoisotopic (exact) mass is 350 g/mol. The van der Waals surface area contributed by atoms with E-state index in [-0.39, 0.29) is 11.4 Å². The lowest BCUT2D eigenvalue weighted by Crippen LogP contribution is -2.33. The van der Waals surface area contributed by atoms with Crippen molar-refractivity contribution in [3.63, 3.8) is 0 Å². The van der Waals surface area contributed by atoms with E-state index in [0.717, 1.165) is 11.1 Å². The van der Waals surface area contributed by atoms with Gasteiger partial charge in [-0.2, -0.15) is 0 Å². The number of nitrogens with zero attached hydrogens (tertiary/aromatic N) is 2. The maximum Gasteiger partial charge on any atom is 0.294 e. The third kappa shape index (κ3) is 2.90. The van der Waals surface area contributed by atoms with Crippen LogP contribution in [0.15, 0.2) is 60.1 Å². The number of benzene rings is 1. The number of aromatic nitrogens is 1. The maximum absolute atomic E-state index is 13.1. The molecular formula is C21H22N2O3. The topological polar surface area (TPSA) is 70.5 Å². The van der Waals surface area contributed by atoms with Gasteiger partial charge in [-0.05, 0) is 36.2 Å². The lowest BCUT2D eigenvalue weighted by Gasteiger charge is -2.29. The molecule has 5 nitrogen and oxygen atoms in total. The molecule has 2 heterocycles. The zero-order valence-corrected chi connectivity index (χ0v) is 15.4. The van der Waals surface area contributed by atoms with Gasteiger partial charge in [0.1, 0.15) is 0 Å². The second-order valence-electron chi connectivity index (χ2n) is 7.49. The second kappa shape index (κ2) is 6.41. The van der Waals surface area contributed by atoms with E-state index in [0.29, 0.717) is 5.69 Å². The summed E-state index contributed by atoms with van der Waals surface area (Å²) >= 11 is 0. The minimum Gasteiger partial charge on any atom is -0.503 e. The van der Waals surface area contributed by atoms with Gasteiger partial charge in [0, 0.05) is 23.5 Å². The number of pyridine rings is 1. The molecule has 0 saturated carbocycles. The Balaban J connectivity index is 2.23. The van der Waals surface area contributed by atoms with E-state index in [9.17, 15) is 14.7 Å². The molecular weight excluding hydrogens is 328 g/mol. The first-order chi connectivity index (χ1) is 12.2. The smallest absolute Gasteiger partial charge is 0.294 e. The Kier molecular flexibility index (Phi) is 4.40. The molecule has 1 aliphatic rings. The van der Waals surface area contributed by atoms with Crippen molar-refractivity contribution in [1.29, 1.82) is 0 Å². The fraction of sp³-hybridized carbons (Fsp3) is 0.286. The zero-order valence-electron chi connectivity index (χ0n) is 15.4. The highest BCUT2D eigenvalue weighted by molar-refractivity contribution is 6.17. The van der Waals surface area contributed by atoms with Crippen molar-refractivity contribution in [3.05, 3.63) is 71.3 Å². The van der Waals surface area contributed by atoms with Crippen molar-refractivity contribution in [3.8, 4) is 0 Å². The minimum absolute atomic E-state index is 0.136. The molecule has 0 radical (unpaired) electrons. The summed E-state index contributed by atoms with van der Waals surface area (Å²) < 4.78 is 0. The summed E-state index contributed by atoms with van der Waals surface area (Å²) in [6.07, 6.45) is 3.23. The van der Waals surface area contributed by atoms with Gasteiger partial charge in [0.05, 0.1) is 11.6 Å². The van der Waals surface area contributed by atoms with Crippen molar-refractivity contribution < 1.29 is 14.7 Å². The summed E-state index contributed by atoms with van der Waals surface area (Å²) in [6, 6.07) is 10.3. The summed E-state index contributed by atoms with van der Waals surface area (Å²) in [4.78, 5) is 31.5. The molecule has 3 rings (SSSR count). The average Bonchev–Trinajstić information content (AvgIpc) is 2.86. The van der Waals surface area contributed by atoms with Crippen LogP contribution < -0.4 is 4.90 Å². The first kappa shape index (κ1) is 17.9. The lowest BCUT2D eigenvalue weighted by atomic mass is 9.82. The van der Waals surface area contributed by atoms with Gasteiger partial charge in [0.15, 0.2) is 11.5 Å². The Morgan fingerprint density at radius 1 is 1.12 bits per heavy atom. The van der Waals surface area contributed by atoms with Gasteiger partial charge in [-0.3, -0.25) is 19.5 Å². The van der Waals surface area contributed by atoms with Crippen molar-refractivity contribution in [2.45, 2.75) is 33.7 Å². The number of aliphatic hydroxyl groups excluding tert-OH is 1. The molecule has 5 heteroatoms. The lowest BCUT2D eigenvalue weighted by molar-refractivity contribution is -0.123. The van der Waals surface area contributed by atoms with Crippen LogP contribution in [0.3, 0.4) is 0 Å². The predicted molar refractivity (Wildman–Crippen MR) is 99.8 cm³/mol. The second-order valence-corrected chi connectivity index (χ2v) is 7.49. The van der Waals surface area contributed by atoms with E-state index in [4.69, 9.17) is 0 Å². The van der Waals surface area contributed by atoms with Crippen LogP contribution >= 0.6 is 0 Å². The molecule has 1 atom stereocenters. The normalized spacial score (nSPS) is 17.8. The standard InChI is InChI=1S/C21H22N2O3/c1-13-7-5-6-8-15(13)23-17(14-9-11-22-12-10-14)16(18(24)20(23)26)19(25)21(2,3)4/h5-12,17,24H,1-4H3. The van der Waals surface area contributed by atoms with Gasteiger partial charge in [-0.1, -0.05) is 39.0 Å². The first-order valence-corrected chi connectivity index (χ1v) is 8.50. The number of aryl methyl sites for hydroxylation is 1. The van der Waals surface area contributed by atoms with E-state index in [1.54, 1.807) is 45.3 Å². The predicted octanol–water partition coefficient (Wildman–Crippen LogP) is 3.91. The number of Topliss-reactive ketones (excluding diaryl/α,β-unsaturated/α-hetero) is 1. The molecule has 0 bridgehead atoms. The zero-order chi connectivity index (χ0) is 19.1. The molecule has 134 valence electrons. The molecule has 1 amide bonds. The summed E-state index contributed by atoms with van der Waals surface area (Å²) in [7, 11) is 0. The number of carbonyl (C=O) groups is 2. The van der Waals surface area contributed by atoms with Gasteiger partial charge in [-0.25, -0.2) is 0 Å². The van der Waals surface area contributed by atoms with Crippen LogP contribution in [-0.2, 0) is 9.59 Å². The minimum atomic E-state index is -0.726. The van der Waals surface area contributed by atoms with E-state index >= 15 is 0 Å². The average molecular weight is 350 g/mol. The van der Waals surface area contributed by atoms with Crippen molar-refractivity contribution in [2.75, 3.05) is 4.90 Å². The Hall–Kier alpha value is -2.95. The highest BCUT2D eigenvalue weighted by Gasteiger charge is 2.46. The maximum atomic E-state index is 13.1. The molecule has 1 unspecified atom stereocenters. The van der Waals surface area contributed by atoms with E-state index in [2.05, 4.69) is 4.98 Å². The van der Waals surface area contributed by atoms with E-state index in [1.807, 2.05) is 31.2 Å². The number of para-hydroxylation sites is 1. The molecule has 0 saturated heterocycles. The molecule has 26 heavy (non-hydrogen) atoms. The van der Waals surface area contributed by atoms with E-state index in [1.165, 1.54) is 4.90 Å². The Labute approximate surface area is 153 Å².